The number of hydrogen-bond donors (Lipinski definition) is 1. The van der Waals surface area contributed by atoms with E-state index in [2.05, 4.69) is 23.7 Å². The van der Waals surface area contributed by atoms with Gasteiger partial charge in [0.25, 0.3) is 0 Å². The highest BCUT2D eigenvalue weighted by molar-refractivity contribution is 5.52. The minimum Gasteiger partial charge on any atom is -0.444 e. The molecule has 0 aliphatic heterocycles. The lowest BCUT2D eigenvalue weighted by Crippen LogP contribution is -2.36. The SMILES string of the molecule is CN(Cc1coc(-c2cccc(F)c2)n1)CC(C)(C)CN. The normalized spacial score (nSPS) is 12.1. The Bertz CT molecular complexity index is 595. The average molecular weight is 291 g/mol. The summed E-state index contributed by atoms with van der Waals surface area (Å²) in [6.45, 7) is 6.42. The van der Waals surface area contributed by atoms with E-state index in [4.69, 9.17) is 10.2 Å². The maximum atomic E-state index is 13.2. The number of nitrogens with two attached hydrogens (primary N) is 1. The summed E-state index contributed by atoms with van der Waals surface area (Å²) in [5.74, 6) is 0.144. The molecular formula is C16H22FN3O. The third kappa shape index (κ3) is 4.37. The van der Waals surface area contributed by atoms with Crippen molar-refractivity contribution in [3.05, 3.63) is 42.0 Å². The molecule has 0 radical (unpaired) electrons. The van der Waals surface area contributed by atoms with Crippen molar-refractivity contribution in [2.24, 2.45) is 11.1 Å². The number of rotatable bonds is 6. The number of benzene rings is 1. The second-order valence-corrected chi connectivity index (χ2v) is 6.19. The Kier molecular flexibility index (Phi) is 4.75. The first-order valence-corrected chi connectivity index (χ1v) is 6.98. The molecule has 21 heavy (non-hydrogen) atoms. The zero-order chi connectivity index (χ0) is 15.5. The molecule has 2 aromatic rings. The zero-order valence-corrected chi connectivity index (χ0v) is 12.8. The average Bonchev–Trinajstić information content (AvgIpc) is 2.86. The van der Waals surface area contributed by atoms with Gasteiger partial charge < -0.3 is 10.2 Å². The standard InChI is InChI=1S/C16H22FN3O/c1-16(2,10-18)11-20(3)8-14-9-21-15(19-14)12-5-4-6-13(17)7-12/h4-7,9H,8,10-11,18H2,1-3H3. The van der Waals surface area contributed by atoms with Crippen molar-refractivity contribution in [2.45, 2.75) is 20.4 Å². The van der Waals surface area contributed by atoms with Crippen molar-refractivity contribution in [1.82, 2.24) is 9.88 Å². The maximum Gasteiger partial charge on any atom is 0.226 e. The van der Waals surface area contributed by atoms with Crippen molar-refractivity contribution in [3.8, 4) is 11.5 Å². The highest BCUT2D eigenvalue weighted by Crippen LogP contribution is 2.21. The molecule has 0 atom stereocenters. The van der Waals surface area contributed by atoms with Crippen LogP contribution in [0.2, 0.25) is 0 Å². The van der Waals surface area contributed by atoms with Gasteiger partial charge in [0, 0.05) is 18.7 Å². The fourth-order valence-corrected chi connectivity index (χ4v) is 2.26. The summed E-state index contributed by atoms with van der Waals surface area (Å²) in [7, 11) is 2.02. The summed E-state index contributed by atoms with van der Waals surface area (Å²) in [5, 5.41) is 0. The van der Waals surface area contributed by atoms with Crippen molar-refractivity contribution in [2.75, 3.05) is 20.1 Å². The minimum absolute atomic E-state index is 0.0594. The largest absolute Gasteiger partial charge is 0.444 e. The molecule has 0 spiro atoms. The molecule has 4 nitrogen and oxygen atoms in total. The van der Waals surface area contributed by atoms with Gasteiger partial charge in [0.2, 0.25) is 5.89 Å². The molecule has 0 saturated heterocycles. The van der Waals surface area contributed by atoms with Gasteiger partial charge in [-0.25, -0.2) is 9.37 Å². The highest BCUT2D eigenvalue weighted by Gasteiger charge is 2.19. The second kappa shape index (κ2) is 6.37. The van der Waals surface area contributed by atoms with Crippen LogP contribution in [-0.4, -0.2) is 30.0 Å². The number of oxazole rings is 1. The third-order valence-corrected chi connectivity index (χ3v) is 3.31. The van der Waals surface area contributed by atoms with E-state index in [1.807, 2.05) is 7.05 Å². The summed E-state index contributed by atoms with van der Waals surface area (Å²) >= 11 is 0. The van der Waals surface area contributed by atoms with Gasteiger partial charge in [-0.3, -0.25) is 4.90 Å². The maximum absolute atomic E-state index is 13.2. The molecule has 2 rings (SSSR count). The van der Waals surface area contributed by atoms with Gasteiger partial charge in [-0.2, -0.15) is 0 Å². The third-order valence-electron chi connectivity index (χ3n) is 3.31. The van der Waals surface area contributed by atoms with E-state index in [0.29, 0.717) is 24.5 Å². The molecule has 2 N–H and O–H groups in total. The Hall–Kier alpha value is -1.72. The van der Waals surface area contributed by atoms with E-state index in [-0.39, 0.29) is 11.2 Å². The Morgan fingerprint density at radius 3 is 2.81 bits per heavy atom. The molecule has 0 saturated carbocycles. The number of nitrogens with zero attached hydrogens (tertiary/aromatic N) is 2. The van der Waals surface area contributed by atoms with Gasteiger partial charge in [0.1, 0.15) is 12.1 Å². The van der Waals surface area contributed by atoms with Crippen LogP contribution in [-0.2, 0) is 6.54 Å². The molecule has 1 heterocycles. The molecular weight excluding hydrogens is 269 g/mol. The van der Waals surface area contributed by atoms with E-state index in [9.17, 15) is 4.39 Å². The van der Waals surface area contributed by atoms with Crippen LogP contribution >= 0.6 is 0 Å². The molecule has 1 aromatic carbocycles. The molecule has 5 heteroatoms. The summed E-state index contributed by atoms with van der Waals surface area (Å²) in [6, 6.07) is 6.23. The van der Waals surface area contributed by atoms with Crippen LogP contribution in [0.1, 0.15) is 19.5 Å². The van der Waals surface area contributed by atoms with Crippen LogP contribution in [0.15, 0.2) is 34.9 Å². The monoisotopic (exact) mass is 291 g/mol. The minimum atomic E-state index is -0.297. The predicted molar refractivity (Wildman–Crippen MR) is 81.1 cm³/mol. The van der Waals surface area contributed by atoms with Gasteiger partial charge in [-0.1, -0.05) is 19.9 Å². The van der Waals surface area contributed by atoms with Crippen LogP contribution in [0.5, 0.6) is 0 Å². The van der Waals surface area contributed by atoms with Crippen LogP contribution in [0.3, 0.4) is 0 Å². The van der Waals surface area contributed by atoms with E-state index >= 15 is 0 Å². The highest BCUT2D eigenvalue weighted by atomic mass is 19.1. The molecule has 0 unspecified atom stereocenters. The van der Waals surface area contributed by atoms with Crippen LogP contribution < -0.4 is 5.73 Å². The van der Waals surface area contributed by atoms with Gasteiger partial charge >= 0.3 is 0 Å². The van der Waals surface area contributed by atoms with Gasteiger partial charge in [-0.05, 0) is 37.2 Å². The summed E-state index contributed by atoms with van der Waals surface area (Å²) in [5.41, 5.74) is 7.27. The Labute approximate surface area is 124 Å². The van der Waals surface area contributed by atoms with Crippen molar-refractivity contribution < 1.29 is 8.81 Å². The van der Waals surface area contributed by atoms with Crippen LogP contribution in [0, 0.1) is 11.2 Å². The molecule has 0 fully saturated rings. The second-order valence-electron chi connectivity index (χ2n) is 6.19. The molecule has 1 aromatic heterocycles. The van der Waals surface area contributed by atoms with E-state index in [1.165, 1.54) is 12.1 Å². The molecule has 0 bridgehead atoms. The van der Waals surface area contributed by atoms with Crippen molar-refractivity contribution in [3.63, 3.8) is 0 Å². The number of aromatic nitrogens is 1. The first-order valence-electron chi connectivity index (χ1n) is 6.98. The first-order chi connectivity index (χ1) is 9.89. The molecule has 114 valence electrons. The predicted octanol–water partition coefficient (Wildman–Crippen LogP) is 2.90. The van der Waals surface area contributed by atoms with Gasteiger partial charge in [-0.15, -0.1) is 0 Å². The first kappa shape index (κ1) is 15.7. The van der Waals surface area contributed by atoms with Gasteiger partial charge in [0.15, 0.2) is 0 Å². The Morgan fingerprint density at radius 2 is 2.14 bits per heavy atom. The molecule has 0 amide bonds. The Balaban J connectivity index is 2.03. The zero-order valence-electron chi connectivity index (χ0n) is 12.8. The van der Waals surface area contributed by atoms with Gasteiger partial charge in [0.05, 0.1) is 5.69 Å². The van der Waals surface area contributed by atoms with Crippen LogP contribution in [0.25, 0.3) is 11.5 Å². The lowest BCUT2D eigenvalue weighted by atomic mass is 9.93. The fraction of sp³-hybridized carbons (Fsp3) is 0.438. The van der Waals surface area contributed by atoms with Crippen LogP contribution in [0.4, 0.5) is 4.39 Å². The molecule has 0 aliphatic rings. The van der Waals surface area contributed by atoms with E-state index in [1.54, 1.807) is 18.4 Å². The lowest BCUT2D eigenvalue weighted by Gasteiger charge is -2.28. The summed E-state index contributed by atoms with van der Waals surface area (Å²) < 4.78 is 18.6. The fourth-order valence-electron chi connectivity index (χ4n) is 2.26. The quantitative estimate of drug-likeness (QED) is 0.889. The summed E-state index contributed by atoms with van der Waals surface area (Å²) in [6.07, 6.45) is 1.62. The topological polar surface area (TPSA) is 55.3 Å². The van der Waals surface area contributed by atoms with Crippen molar-refractivity contribution >= 4 is 0 Å². The lowest BCUT2D eigenvalue weighted by molar-refractivity contribution is 0.208. The number of halogens is 1. The summed E-state index contributed by atoms with van der Waals surface area (Å²) in [4.78, 5) is 6.56. The van der Waals surface area contributed by atoms with E-state index in [0.717, 1.165) is 12.2 Å². The number of hydrogen-bond acceptors (Lipinski definition) is 4. The van der Waals surface area contributed by atoms with Crippen molar-refractivity contribution in [1.29, 1.82) is 0 Å². The smallest absolute Gasteiger partial charge is 0.226 e. The Morgan fingerprint density at radius 1 is 1.38 bits per heavy atom. The molecule has 0 aliphatic carbocycles. The van der Waals surface area contributed by atoms with E-state index < -0.39 is 0 Å².